The molecule has 0 aliphatic carbocycles. The molecule has 1 aromatic heterocycles. The Morgan fingerprint density at radius 1 is 1.11 bits per heavy atom. The maximum atomic E-state index is 4.32. The van der Waals surface area contributed by atoms with Crippen LogP contribution in [0, 0.1) is 0 Å². The molecule has 1 aliphatic heterocycles. The quantitative estimate of drug-likeness (QED) is 0.879. The molecule has 0 atom stereocenters. The molecule has 2 heterocycles. The Morgan fingerprint density at radius 3 is 3.00 bits per heavy atom. The van der Waals surface area contributed by atoms with Crippen molar-refractivity contribution in [1.29, 1.82) is 0 Å². The number of pyridine rings is 1. The van der Waals surface area contributed by atoms with Crippen LogP contribution in [0.2, 0.25) is 0 Å². The van der Waals surface area contributed by atoms with Crippen LogP contribution in [-0.4, -0.2) is 11.5 Å². The molecule has 0 bridgehead atoms. The van der Waals surface area contributed by atoms with Crippen molar-refractivity contribution in [1.82, 2.24) is 10.3 Å². The summed E-state index contributed by atoms with van der Waals surface area (Å²) in [4.78, 5) is 4.32. The lowest BCUT2D eigenvalue weighted by atomic mass is 9.99. The summed E-state index contributed by atoms with van der Waals surface area (Å²) in [5.74, 6) is 0. The summed E-state index contributed by atoms with van der Waals surface area (Å²) in [6, 6.07) is 12.6. The van der Waals surface area contributed by atoms with Crippen LogP contribution in [0.15, 0.2) is 42.6 Å². The van der Waals surface area contributed by atoms with Crippen molar-refractivity contribution in [3.05, 3.63) is 59.4 Å². The van der Waals surface area contributed by atoms with Gasteiger partial charge in [-0.05, 0) is 36.1 Å². The van der Waals surface area contributed by atoms with Crippen LogP contribution in [0.5, 0.6) is 0 Å². The fraction of sp³-hybridized carbons (Fsp3) is 0.312. The van der Waals surface area contributed by atoms with Gasteiger partial charge in [0.2, 0.25) is 0 Å². The summed E-state index contributed by atoms with van der Waals surface area (Å²) in [6.45, 7) is 2.78. The predicted octanol–water partition coefficient (Wildman–Crippen LogP) is 2.73. The molecule has 19 heavy (non-hydrogen) atoms. The molecule has 1 aliphatic rings. The van der Waals surface area contributed by atoms with E-state index in [1.165, 1.54) is 29.7 Å². The molecular formula is C16H19N3. The lowest BCUT2D eigenvalue weighted by Crippen LogP contribution is -2.18. The number of hydrogen-bond acceptors (Lipinski definition) is 3. The number of aromatic nitrogens is 1. The highest BCUT2D eigenvalue weighted by molar-refractivity contribution is 5.59. The van der Waals surface area contributed by atoms with Crippen LogP contribution < -0.4 is 10.6 Å². The molecule has 0 amide bonds. The lowest BCUT2D eigenvalue weighted by molar-refractivity contribution is 0.677. The Kier molecular flexibility index (Phi) is 3.75. The number of anilines is 1. The van der Waals surface area contributed by atoms with E-state index in [9.17, 15) is 0 Å². The highest BCUT2D eigenvalue weighted by Crippen LogP contribution is 2.25. The molecule has 3 heteroatoms. The zero-order valence-electron chi connectivity index (χ0n) is 11.0. The largest absolute Gasteiger partial charge is 0.385 e. The number of benzene rings is 1. The van der Waals surface area contributed by atoms with Gasteiger partial charge < -0.3 is 10.6 Å². The van der Waals surface area contributed by atoms with Crippen molar-refractivity contribution in [2.24, 2.45) is 0 Å². The summed E-state index contributed by atoms with van der Waals surface area (Å²) >= 11 is 0. The molecule has 98 valence electrons. The van der Waals surface area contributed by atoms with Crippen LogP contribution in [0.1, 0.15) is 23.2 Å². The van der Waals surface area contributed by atoms with Gasteiger partial charge in [-0.25, -0.2) is 0 Å². The highest BCUT2D eigenvalue weighted by Gasteiger charge is 2.11. The first-order valence-corrected chi connectivity index (χ1v) is 6.89. The van der Waals surface area contributed by atoms with Crippen LogP contribution in [0.25, 0.3) is 0 Å². The van der Waals surface area contributed by atoms with E-state index < -0.39 is 0 Å². The van der Waals surface area contributed by atoms with Gasteiger partial charge in [-0.2, -0.15) is 0 Å². The Balaban J connectivity index is 1.64. The molecule has 0 unspecified atom stereocenters. The number of nitrogens with one attached hydrogen (secondary N) is 2. The van der Waals surface area contributed by atoms with Crippen LogP contribution >= 0.6 is 0 Å². The monoisotopic (exact) mass is 253 g/mol. The molecule has 3 nitrogen and oxygen atoms in total. The summed E-state index contributed by atoms with van der Waals surface area (Å²) in [6.07, 6.45) is 4.26. The first-order chi connectivity index (χ1) is 9.43. The SMILES string of the molecule is c1ccc(CNCc2cccc3c2NCCC3)nc1. The third kappa shape index (κ3) is 2.93. The average Bonchev–Trinajstić information content (AvgIpc) is 2.49. The van der Waals surface area contributed by atoms with Gasteiger partial charge >= 0.3 is 0 Å². The molecule has 0 spiro atoms. The summed E-state index contributed by atoms with van der Waals surface area (Å²) in [7, 11) is 0. The van der Waals surface area contributed by atoms with Crippen LogP contribution in [0.4, 0.5) is 5.69 Å². The number of fused-ring (bicyclic) bond motifs is 1. The van der Waals surface area contributed by atoms with Crippen molar-refractivity contribution in [2.45, 2.75) is 25.9 Å². The van der Waals surface area contributed by atoms with Gasteiger partial charge in [-0.3, -0.25) is 4.98 Å². The molecule has 0 saturated heterocycles. The van der Waals surface area contributed by atoms with E-state index in [1.54, 1.807) is 0 Å². The minimum atomic E-state index is 0.810. The van der Waals surface area contributed by atoms with Crippen molar-refractivity contribution in [3.63, 3.8) is 0 Å². The molecule has 2 aromatic rings. The van der Waals surface area contributed by atoms with Crippen molar-refractivity contribution in [2.75, 3.05) is 11.9 Å². The van der Waals surface area contributed by atoms with E-state index in [1.807, 2.05) is 24.4 Å². The second-order valence-electron chi connectivity index (χ2n) is 4.91. The van der Waals surface area contributed by atoms with E-state index in [-0.39, 0.29) is 0 Å². The summed E-state index contributed by atoms with van der Waals surface area (Å²) < 4.78 is 0. The average molecular weight is 253 g/mol. The molecule has 2 N–H and O–H groups in total. The van der Waals surface area contributed by atoms with E-state index in [2.05, 4.69) is 33.8 Å². The van der Waals surface area contributed by atoms with Crippen LogP contribution in [0.3, 0.4) is 0 Å². The van der Waals surface area contributed by atoms with Crippen molar-refractivity contribution in [3.8, 4) is 0 Å². The first kappa shape index (κ1) is 12.2. The van der Waals surface area contributed by atoms with Crippen molar-refractivity contribution >= 4 is 5.69 Å². The molecular weight excluding hydrogens is 234 g/mol. The number of para-hydroxylation sites is 1. The normalized spacial score (nSPS) is 13.7. The zero-order chi connectivity index (χ0) is 12.9. The first-order valence-electron chi connectivity index (χ1n) is 6.89. The fourth-order valence-corrected chi connectivity index (χ4v) is 2.56. The van der Waals surface area contributed by atoms with Crippen LogP contribution in [-0.2, 0) is 19.5 Å². The molecule has 0 radical (unpaired) electrons. The van der Waals surface area contributed by atoms with Crippen molar-refractivity contribution < 1.29 is 0 Å². The lowest BCUT2D eigenvalue weighted by Gasteiger charge is -2.21. The molecule has 3 rings (SSSR count). The Morgan fingerprint density at radius 2 is 2.11 bits per heavy atom. The number of aryl methyl sites for hydroxylation is 1. The third-order valence-electron chi connectivity index (χ3n) is 3.51. The Bertz CT molecular complexity index is 537. The molecule has 0 saturated carbocycles. The number of hydrogen-bond donors (Lipinski definition) is 2. The second-order valence-corrected chi connectivity index (χ2v) is 4.91. The maximum absolute atomic E-state index is 4.32. The van der Waals surface area contributed by atoms with E-state index >= 15 is 0 Å². The van der Waals surface area contributed by atoms with Gasteiger partial charge in [0.1, 0.15) is 0 Å². The highest BCUT2D eigenvalue weighted by atomic mass is 14.9. The van der Waals surface area contributed by atoms with Gasteiger partial charge in [0.25, 0.3) is 0 Å². The Hall–Kier alpha value is -1.87. The Labute approximate surface area is 114 Å². The summed E-state index contributed by atoms with van der Waals surface area (Å²) in [5.41, 5.74) is 5.22. The van der Waals surface area contributed by atoms with E-state index in [0.717, 1.165) is 25.3 Å². The standard InChI is InChI=1S/C16H19N3/c1-2-9-18-15(8-1)12-17-11-14-6-3-5-13-7-4-10-19-16(13)14/h1-3,5-6,8-9,17,19H,4,7,10-12H2. The molecule has 1 aromatic carbocycles. The van der Waals surface area contributed by atoms with Gasteiger partial charge in [0, 0.05) is 31.5 Å². The van der Waals surface area contributed by atoms with E-state index in [0.29, 0.717) is 0 Å². The molecule has 0 fully saturated rings. The van der Waals surface area contributed by atoms with Gasteiger partial charge in [-0.1, -0.05) is 24.3 Å². The summed E-state index contributed by atoms with van der Waals surface area (Å²) in [5, 5.41) is 6.99. The van der Waals surface area contributed by atoms with Gasteiger partial charge in [-0.15, -0.1) is 0 Å². The minimum Gasteiger partial charge on any atom is -0.385 e. The number of rotatable bonds is 4. The number of nitrogens with zero attached hydrogens (tertiary/aromatic N) is 1. The predicted molar refractivity (Wildman–Crippen MR) is 78.0 cm³/mol. The topological polar surface area (TPSA) is 37.0 Å². The fourth-order valence-electron chi connectivity index (χ4n) is 2.56. The third-order valence-corrected chi connectivity index (χ3v) is 3.51. The van der Waals surface area contributed by atoms with E-state index in [4.69, 9.17) is 0 Å². The zero-order valence-corrected chi connectivity index (χ0v) is 11.0. The van der Waals surface area contributed by atoms with Gasteiger partial charge in [0.15, 0.2) is 0 Å². The second kappa shape index (κ2) is 5.85. The smallest absolute Gasteiger partial charge is 0.0541 e. The maximum Gasteiger partial charge on any atom is 0.0541 e. The minimum absolute atomic E-state index is 0.810. The van der Waals surface area contributed by atoms with Gasteiger partial charge in [0.05, 0.1) is 5.69 Å².